The van der Waals surface area contributed by atoms with Crippen molar-refractivity contribution >= 4 is 17.7 Å². The largest absolute Gasteiger partial charge is 0.476 e. The SMILES string of the molecule is C=COC(C)=O.CC(=O)C(=O)O. The predicted octanol–water partition coefficient (Wildman–Crippen LogP) is 0.353. The second kappa shape index (κ2) is 7.46. The molecule has 0 aromatic heterocycles. The molecular formula is C7H10O5. The monoisotopic (exact) mass is 174 g/mol. The molecular weight excluding hydrogens is 164 g/mol. The minimum Gasteiger partial charge on any atom is -0.476 e. The second-order valence-electron chi connectivity index (χ2n) is 1.64. The Morgan fingerprint density at radius 1 is 1.33 bits per heavy atom. The smallest absolute Gasteiger partial charge is 0.371 e. The minimum atomic E-state index is -1.38. The second-order valence-corrected chi connectivity index (χ2v) is 1.64. The van der Waals surface area contributed by atoms with Gasteiger partial charge in [-0.2, -0.15) is 0 Å². The highest BCUT2D eigenvalue weighted by molar-refractivity contribution is 6.31. The lowest BCUT2D eigenvalue weighted by Gasteiger charge is -1.83. The molecule has 5 nitrogen and oxygen atoms in total. The quantitative estimate of drug-likeness (QED) is 0.371. The zero-order valence-corrected chi connectivity index (χ0v) is 6.86. The Bertz CT molecular complexity index is 182. The number of carboxylic acids is 1. The molecule has 0 aliphatic heterocycles. The molecule has 0 fully saturated rings. The van der Waals surface area contributed by atoms with E-state index in [2.05, 4.69) is 11.3 Å². The van der Waals surface area contributed by atoms with E-state index >= 15 is 0 Å². The number of Topliss-reactive ketones (excluding diaryl/α,β-unsaturated/α-hetero) is 1. The molecule has 0 aromatic carbocycles. The van der Waals surface area contributed by atoms with Gasteiger partial charge in [-0.1, -0.05) is 6.58 Å². The van der Waals surface area contributed by atoms with Gasteiger partial charge in [0.2, 0.25) is 5.78 Å². The van der Waals surface area contributed by atoms with E-state index in [4.69, 9.17) is 5.11 Å². The van der Waals surface area contributed by atoms with E-state index in [0.717, 1.165) is 13.2 Å². The first-order valence-corrected chi connectivity index (χ1v) is 2.93. The topological polar surface area (TPSA) is 80.7 Å². The van der Waals surface area contributed by atoms with Gasteiger partial charge in [-0.25, -0.2) is 4.79 Å². The van der Waals surface area contributed by atoms with Gasteiger partial charge in [0.1, 0.15) is 0 Å². The van der Waals surface area contributed by atoms with Crippen molar-refractivity contribution in [1.29, 1.82) is 0 Å². The minimum absolute atomic E-state index is 0.329. The van der Waals surface area contributed by atoms with Crippen LogP contribution in [-0.2, 0) is 19.1 Å². The molecule has 0 spiro atoms. The Kier molecular flexibility index (Phi) is 8.06. The summed E-state index contributed by atoms with van der Waals surface area (Å²) >= 11 is 0. The number of rotatable bonds is 2. The molecule has 68 valence electrons. The number of carbonyl (C=O) groups excluding carboxylic acids is 2. The number of hydrogen-bond acceptors (Lipinski definition) is 4. The van der Waals surface area contributed by atoms with Gasteiger partial charge in [-0.15, -0.1) is 0 Å². The predicted molar refractivity (Wildman–Crippen MR) is 40.3 cm³/mol. The highest BCUT2D eigenvalue weighted by Crippen LogP contribution is 1.70. The highest BCUT2D eigenvalue weighted by Gasteiger charge is 1.98. The molecule has 0 aromatic rings. The molecule has 0 atom stereocenters. The van der Waals surface area contributed by atoms with Crippen LogP contribution in [-0.4, -0.2) is 22.8 Å². The van der Waals surface area contributed by atoms with E-state index in [1.807, 2.05) is 0 Å². The average molecular weight is 174 g/mol. The summed E-state index contributed by atoms with van der Waals surface area (Å²) in [7, 11) is 0. The van der Waals surface area contributed by atoms with Crippen LogP contribution in [0.4, 0.5) is 0 Å². The zero-order valence-electron chi connectivity index (χ0n) is 6.86. The summed E-state index contributed by atoms with van der Waals surface area (Å²) in [6, 6.07) is 0. The normalized spacial score (nSPS) is 7.17. The molecule has 0 saturated heterocycles. The van der Waals surface area contributed by atoms with Gasteiger partial charge in [0.05, 0.1) is 6.26 Å². The Morgan fingerprint density at radius 2 is 1.67 bits per heavy atom. The first-order valence-electron chi connectivity index (χ1n) is 2.93. The maximum Gasteiger partial charge on any atom is 0.371 e. The van der Waals surface area contributed by atoms with E-state index < -0.39 is 11.8 Å². The summed E-state index contributed by atoms with van der Waals surface area (Å²) in [5, 5.41) is 7.64. The number of ether oxygens (including phenoxy) is 1. The molecule has 0 unspecified atom stereocenters. The number of carboxylic acid groups (broad SMARTS) is 1. The molecule has 0 aliphatic carbocycles. The molecule has 0 rings (SSSR count). The van der Waals surface area contributed by atoms with Crippen LogP contribution in [0.5, 0.6) is 0 Å². The summed E-state index contributed by atoms with van der Waals surface area (Å²) in [6.45, 7) is 5.48. The van der Waals surface area contributed by atoms with Gasteiger partial charge in [-0.3, -0.25) is 9.59 Å². The maximum atomic E-state index is 9.75. The van der Waals surface area contributed by atoms with Gasteiger partial charge in [0.25, 0.3) is 0 Å². The van der Waals surface area contributed by atoms with Gasteiger partial charge in [0.15, 0.2) is 0 Å². The first-order chi connectivity index (χ1) is 5.41. The van der Waals surface area contributed by atoms with Crippen molar-refractivity contribution in [3.05, 3.63) is 12.8 Å². The van der Waals surface area contributed by atoms with E-state index in [1.54, 1.807) is 0 Å². The molecule has 12 heavy (non-hydrogen) atoms. The summed E-state index contributed by atoms with van der Waals surface area (Å²) in [5.41, 5.74) is 0. The van der Waals surface area contributed by atoms with E-state index in [0.29, 0.717) is 0 Å². The van der Waals surface area contributed by atoms with Crippen LogP contribution in [0.25, 0.3) is 0 Å². The van der Waals surface area contributed by atoms with Crippen molar-refractivity contribution in [2.45, 2.75) is 13.8 Å². The van der Waals surface area contributed by atoms with Crippen molar-refractivity contribution in [3.8, 4) is 0 Å². The van der Waals surface area contributed by atoms with Crippen molar-refractivity contribution in [2.24, 2.45) is 0 Å². The molecule has 1 N–H and O–H groups in total. The molecule has 0 saturated carbocycles. The summed E-state index contributed by atoms with van der Waals surface area (Å²) in [5.74, 6) is -2.53. The molecule has 0 radical (unpaired) electrons. The third-order valence-corrected chi connectivity index (χ3v) is 0.550. The Morgan fingerprint density at radius 3 is 1.67 bits per heavy atom. The average Bonchev–Trinajstić information content (AvgIpc) is 1.87. The number of carbonyl (C=O) groups is 3. The van der Waals surface area contributed by atoms with E-state index in [9.17, 15) is 14.4 Å². The fraction of sp³-hybridized carbons (Fsp3) is 0.286. The van der Waals surface area contributed by atoms with Crippen molar-refractivity contribution in [2.75, 3.05) is 0 Å². The van der Waals surface area contributed by atoms with Gasteiger partial charge in [0, 0.05) is 13.8 Å². The summed E-state index contributed by atoms with van der Waals surface area (Å²) in [6.07, 6.45) is 1.10. The van der Waals surface area contributed by atoms with Crippen molar-refractivity contribution < 1.29 is 24.2 Å². The van der Waals surface area contributed by atoms with Crippen LogP contribution in [0.15, 0.2) is 12.8 Å². The third kappa shape index (κ3) is 15.8. The Balaban J connectivity index is 0. The Hall–Kier alpha value is -1.65. The molecule has 0 bridgehead atoms. The molecule has 0 heterocycles. The van der Waals surface area contributed by atoms with Crippen LogP contribution in [0.2, 0.25) is 0 Å². The summed E-state index contributed by atoms with van der Waals surface area (Å²) in [4.78, 5) is 28.6. The van der Waals surface area contributed by atoms with E-state index in [1.165, 1.54) is 6.92 Å². The number of aliphatic carboxylic acids is 1. The van der Waals surface area contributed by atoms with Crippen molar-refractivity contribution in [1.82, 2.24) is 0 Å². The van der Waals surface area contributed by atoms with Crippen LogP contribution >= 0.6 is 0 Å². The third-order valence-electron chi connectivity index (χ3n) is 0.550. The molecule has 0 aliphatic rings. The van der Waals surface area contributed by atoms with Crippen LogP contribution < -0.4 is 0 Å². The highest BCUT2D eigenvalue weighted by atomic mass is 16.5. The lowest BCUT2D eigenvalue weighted by molar-refractivity contribution is -0.148. The van der Waals surface area contributed by atoms with Crippen LogP contribution in [0, 0.1) is 0 Å². The van der Waals surface area contributed by atoms with E-state index in [-0.39, 0.29) is 5.97 Å². The maximum absolute atomic E-state index is 9.75. The number of ketones is 1. The number of hydrogen-bond donors (Lipinski definition) is 1. The van der Waals surface area contributed by atoms with Gasteiger partial charge >= 0.3 is 11.9 Å². The lowest BCUT2D eigenvalue weighted by atomic mass is 10.5. The molecule has 5 heteroatoms. The van der Waals surface area contributed by atoms with Gasteiger partial charge < -0.3 is 9.84 Å². The fourth-order valence-corrected chi connectivity index (χ4v) is 0.117. The van der Waals surface area contributed by atoms with Crippen LogP contribution in [0.1, 0.15) is 13.8 Å². The Labute approximate surface area is 69.6 Å². The molecule has 0 amide bonds. The van der Waals surface area contributed by atoms with Crippen LogP contribution in [0.3, 0.4) is 0 Å². The fourth-order valence-electron chi connectivity index (χ4n) is 0.117. The van der Waals surface area contributed by atoms with Crippen molar-refractivity contribution in [3.63, 3.8) is 0 Å². The zero-order chi connectivity index (χ0) is 10.1. The first kappa shape index (κ1) is 13.0. The van der Waals surface area contributed by atoms with Gasteiger partial charge in [-0.05, 0) is 0 Å². The lowest BCUT2D eigenvalue weighted by Crippen LogP contribution is -2.05. The standard InChI is InChI=1S/C4H6O2.C3H4O3/c1-3-6-4(2)5;1-2(4)3(5)6/h3H,1H2,2H3;1H3,(H,5,6). The summed E-state index contributed by atoms with van der Waals surface area (Å²) < 4.78 is 4.17. The number of esters is 1.